The van der Waals surface area contributed by atoms with Crippen LogP contribution in [0.3, 0.4) is 0 Å². The zero-order chi connectivity index (χ0) is 8.91. The summed E-state index contributed by atoms with van der Waals surface area (Å²) in [5.41, 5.74) is 0.550. The zero-order valence-electron chi connectivity index (χ0n) is 8.83. The third-order valence-corrected chi connectivity index (χ3v) is 3.47. The van der Waals surface area contributed by atoms with Gasteiger partial charge in [-0.1, -0.05) is 34.6 Å². The molecule has 0 unspecified atom stereocenters. The van der Waals surface area contributed by atoms with Crippen LogP contribution >= 0.6 is 0 Å². The molecule has 67 valence electrons. The zero-order valence-corrected chi connectivity index (χ0v) is 8.83. The van der Waals surface area contributed by atoms with Gasteiger partial charge in [0.15, 0.2) is 0 Å². The first kappa shape index (κ1) is 11.0. The van der Waals surface area contributed by atoms with E-state index in [9.17, 15) is 0 Å². The minimum Gasteiger partial charge on any atom is -0.0648 e. The maximum absolute atomic E-state index is 2.32. The Labute approximate surface area is 72.4 Å². The molecule has 0 saturated heterocycles. The molecular weight excluding hydrogens is 132 g/mol. The maximum atomic E-state index is 2.32. The largest absolute Gasteiger partial charge is 0.0648 e. The average molecular weight is 155 g/mol. The van der Waals surface area contributed by atoms with Crippen LogP contribution in [0.2, 0.25) is 0 Å². The molecule has 0 aromatic rings. The molecule has 0 heteroatoms. The normalized spacial score (nSPS) is 12.5. The van der Waals surface area contributed by atoms with Crippen molar-refractivity contribution in [1.29, 1.82) is 0 Å². The molecule has 0 heterocycles. The first-order valence-corrected chi connectivity index (χ1v) is 4.99. The third-order valence-electron chi connectivity index (χ3n) is 3.47. The quantitative estimate of drug-likeness (QED) is 0.558. The fourth-order valence-electron chi connectivity index (χ4n) is 2.03. The molecule has 0 saturated carbocycles. The lowest BCUT2D eigenvalue weighted by atomic mass is 9.69. The molecule has 11 heavy (non-hydrogen) atoms. The highest BCUT2D eigenvalue weighted by Gasteiger charge is 2.29. The summed E-state index contributed by atoms with van der Waals surface area (Å²) in [5.74, 6) is 1.69. The lowest BCUT2D eigenvalue weighted by molar-refractivity contribution is 0.261. The lowest BCUT2D eigenvalue weighted by Crippen LogP contribution is -2.24. The van der Waals surface area contributed by atoms with Crippen LogP contribution in [-0.4, -0.2) is 0 Å². The predicted octanol–water partition coefficient (Wildman–Crippen LogP) is 4.21. The monoisotopic (exact) mass is 155 g/mol. The van der Waals surface area contributed by atoms with Gasteiger partial charge < -0.3 is 0 Å². The van der Waals surface area contributed by atoms with Gasteiger partial charge in [-0.05, 0) is 37.0 Å². The van der Waals surface area contributed by atoms with E-state index in [1.165, 1.54) is 25.7 Å². The summed E-state index contributed by atoms with van der Waals surface area (Å²) in [4.78, 5) is 0. The van der Waals surface area contributed by atoms with Crippen molar-refractivity contribution in [1.82, 2.24) is 0 Å². The Bertz CT molecular complexity index is 81.9. The first-order valence-electron chi connectivity index (χ1n) is 4.99. The van der Waals surface area contributed by atoms with E-state index in [0.29, 0.717) is 5.41 Å². The van der Waals surface area contributed by atoms with Crippen LogP contribution in [0.1, 0.15) is 60.3 Å². The first-order chi connectivity index (χ1) is 5.16. The number of hydrogen-bond acceptors (Lipinski definition) is 0. The van der Waals surface area contributed by atoms with E-state index in [0.717, 1.165) is 0 Å². The van der Waals surface area contributed by atoms with Crippen LogP contribution in [0, 0.1) is 11.3 Å². The third kappa shape index (κ3) is 2.21. The smallest absolute Gasteiger partial charge is 0.0213 e. The molecule has 0 atom stereocenters. The van der Waals surface area contributed by atoms with Gasteiger partial charge in [0, 0.05) is 0 Å². The second-order valence-corrected chi connectivity index (χ2v) is 3.47. The van der Waals surface area contributed by atoms with Crippen LogP contribution in [-0.2, 0) is 0 Å². The van der Waals surface area contributed by atoms with E-state index in [-0.39, 0.29) is 0 Å². The molecule has 1 radical (unpaired) electrons. The summed E-state index contributed by atoms with van der Waals surface area (Å²) in [5, 5.41) is 0. The Morgan fingerprint density at radius 2 is 1.27 bits per heavy atom. The second kappa shape index (κ2) is 4.79. The highest BCUT2D eigenvalue weighted by atomic mass is 14.3. The summed E-state index contributed by atoms with van der Waals surface area (Å²) in [6, 6.07) is 0. The summed E-state index contributed by atoms with van der Waals surface area (Å²) < 4.78 is 0. The highest BCUT2D eigenvalue weighted by molar-refractivity contribution is 5.00. The van der Waals surface area contributed by atoms with Crippen molar-refractivity contribution in [2.24, 2.45) is 5.41 Å². The molecule has 0 aromatic carbocycles. The van der Waals surface area contributed by atoms with Crippen LogP contribution in [0.25, 0.3) is 0 Å². The lowest BCUT2D eigenvalue weighted by Gasteiger charge is -2.36. The van der Waals surface area contributed by atoms with Crippen LogP contribution in [0.15, 0.2) is 0 Å². The topological polar surface area (TPSA) is 0 Å². The average Bonchev–Trinajstić information content (AvgIpc) is 2.08. The standard InChI is InChI=1S/C11H23/c1-6-10(5)11(7-2,8-3)9-4/h6-9H2,1-5H3. The summed E-state index contributed by atoms with van der Waals surface area (Å²) in [6.07, 6.45) is 5.16. The summed E-state index contributed by atoms with van der Waals surface area (Å²) in [6.45, 7) is 11.5. The van der Waals surface area contributed by atoms with Gasteiger partial charge >= 0.3 is 0 Å². The van der Waals surface area contributed by atoms with Gasteiger partial charge in [-0.15, -0.1) is 0 Å². The van der Waals surface area contributed by atoms with Crippen LogP contribution in [0.4, 0.5) is 0 Å². The van der Waals surface area contributed by atoms with Gasteiger partial charge in [0.2, 0.25) is 0 Å². The van der Waals surface area contributed by atoms with Crippen molar-refractivity contribution < 1.29 is 0 Å². The molecule has 0 rings (SSSR count). The Balaban J connectivity index is 4.26. The second-order valence-electron chi connectivity index (χ2n) is 3.47. The van der Waals surface area contributed by atoms with Crippen LogP contribution < -0.4 is 0 Å². The molecule has 0 amide bonds. The molecule has 0 aromatic heterocycles. The Hall–Kier alpha value is 0. The van der Waals surface area contributed by atoms with Crippen molar-refractivity contribution in [3.05, 3.63) is 5.92 Å². The van der Waals surface area contributed by atoms with Gasteiger partial charge in [-0.25, -0.2) is 0 Å². The fraction of sp³-hybridized carbons (Fsp3) is 0.909. The van der Waals surface area contributed by atoms with Crippen molar-refractivity contribution in [3.63, 3.8) is 0 Å². The van der Waals surface area contributed by atoms with Crippen molar-refractivity contribution in [2.45, 2.75) is 60.3 Å². The molecule has 0 nitrogen and oxygen atoms in total. The summed E-state index contributed by atoms with van der Waals surface area (Å²) in [7, 11) is 0. The van der Waals surface area contributed by atoms with E-state index in [1.807, 2.05) is 0 Å². The minimum atomic E-state index is 0.550. The molecule has 0 N–H and O–H groups in total. The molecular formula is C11H23. The fourth-order valence-corrected chi connectivity index (χ4v) is 2.03. The van der Waals surface area contributed by atoms with Gasteiger partial charge in [0.25, 0.3) is 0 Å². The molecule has 0 aliphatic heterocycles. The molecule has 0 spiro atoms. The van der Waals surface area contributed by atoms with Crippen LogP contribution in [0.5, 0.6) is 0 Å². The van der Waals surface area contributed by atoms with Gasteiger partial charge in [0.05, 0.1) is 0 Å². The van der Waals surface area contributed by atoms with Gasteiger partial charge in [-0.3, -0.25) is 0 Å². The molecule has 0 aliphatic rings. The number of rotatable bonds is 5. The molecule has 0 aliphatic carbocycles. The highest BCUT2D eigenvalue weighted by Crippen LogP contribution is 2.41. The van der Waals surface area contributed by atoms with E-state index in [4.69, 9.17) is 0 Å². The maximum Gasteiger partial charge on any atom is -0.0213 e. The molecule has 0 bridgehead atoms. The van der Waals surface area contributed by atoms with E-state index in [1.54, 1.807) is 5.92 Å². The minimum absolute atomic E-state index is 0.550. The SMILES string of the molecule is CC[C](C)C(CC)(CC)CC. The van der Waals surface area contributed by atoms with Gasteiger partial charge in [0.1, 0.15) is 0 Å². The Kier molecular flexibility index (Phi) is 4.79. The van der Waals surface area contributed by atoms with Crippen molar-refractivity contribution in [3.8, 4) is 0 Å². The Morgan fingerprint density at radius 1 is 0.909 bits per heavy atom. The van der Waals surface area contributed by atoms with Crippen molar-refractivity contribution >= 4 is 0 Å². The molecule has 0 fully saturated rings. The van der Waals surface area contributed by atoms with E-state index in [2.05, 4.69) is 34.6 Å². The van der Waals surface area contributed by atoms with E-state index < -0.39 is 0 Å². The van der Waals surface area contributed by atoms with Gasteiger partial charge in [-0.2, -0.15) is 0 Å². The van der Waals surface area contributed by atoms with Crippen molar-refractivity contribution in [2.75, 3.05) is 0 Å². The van der Waals surface area contributed by atoms with E-state index >= 15 is 0 Å². The Morgan fingerprint density at radius 3 is 1.36 bits per heavy atom. The summed E-state index contributed by atoms with van der Waals surface area (Å²) >= 11 is 0. The predicted molar refractivity (Wildman–Crippen MR) is 52.5 cm³/mol. The number of hydrogen-bond donors (Lipinski definition) is 0.